The molecular formula is C32H62N2O4S+2. The summed E-state index contributed by atoms with van der Waals surface area (Å²) >= 11 is 1.91. The minimum absolute atomic E-state index is 0.0573. The normalized spacial score (nSPS) is 28.5. The van der Waals surface area contributed by atoms with Crippen LogP contribution in [0.2, 0.25) is 0 Å². The van der Waals surface area contributed by atoms with Crippen LogP contribution < -0.4 is 0 Å². The van der Waals surface area contributed by atoms with E-state index in [4.69, 9.17) is 9.47 Å². The summed E-state index contributed by atoms with van der Waals surface area (Å²) in [6.45, 7) is 16.2. The molecule has 0 heterocycles. The molecule has 0 spiro atoms. The van der Waals surface area contributed by atoms with E-state index in [0.717, 1.165) is 50.3 Å². The average Bonchev–Trinajstić information content (AvgIpc) is 2.77. The number of rotatable bonds is 14. The van der Waals surface area contributed by atoms with E-state index in [2.05, 4.69) is 69.7 Å². The molecule has 228 valence electrons. The van der Waals surface area contributed by atoms with Crippen LogP contribution in [-0.2, 0) is 19.1 Å². The topological polar surface area (TPSA) is 52.6 Å². The van der Waals surface area contributed by atoms with E-state index >= 15 is 0 Å². The molecule has 0 aromatic rings. The average molecular weight is 571 g/mol. The first-order valence-corrected chi connectivity index (χ1v) is 16.8. The Balaban J connectivity index is 1.70. The van der Waals surface area contributed by atoms with Crippen molar-refractivity contribution in [2.75, 3.05) is 65.9 Å². The van der Waals surface area contributed by atoms with Crippen molar-refractivity contribution >= 4 is 23.7 Å². The van der Waals surface area contributed by atoms with E-state index in [1.807, 2.05) is 11.8 Å². The summed E-state index contributed by atoms with van der Waals surface area (Å²) in [4.78, 5) is 25.7. The molecule has 0 aromatic heterocycles. The Bertz CT molecular complexity index is 707. The molecule has 2 aliphatic rings. The molecule has 6 unspecified atom stereocenters. The van der Waals surface area contributed by atoms with Crippen LogP contribution in [0.5, 0.6) is 0 Å². The third-order valence-electron chi connectivity index (χ3n) is 9.28. The fourth-order valence-corrected chi connectivity index (χ4v) is 7.95. The largest absolute Gasteiger partial charge is 0.458 e. The highest BCUT2D eigenvalue weighted by atomic mass is 32.2. The molecule has 6 atom stereocenters. The monoisotopic (exact) mass is 570 g/mol. The Labute approximate surface area is 245 Å². The van der Waals surface area contributed by atoms with Gasteiger partial charge >= 0.3 is 11.9 Å². The molecule has 2 aliphatic carbocycles. The minimum Gasteiger partial charge on any atom is -0.458 e. The Morgan fingerprint density at radius 1 is 0.692 bits per heavy atom. The fourth-order valence-electron chi connectivity index (χ4n) is 6.50. The summed E-state index contributed by atoms with van der Waals surface area (Å²) < 4.78 is 13.4. The molecule has 0 saturated heterocycles. The van der Waals surface area contributed by atoms with Gasteiger partial charge in [-0.2, -0.15) is 11.8 Å². The SMILES string of the molecule is CC1CCC(C(C)C)C(OC(=O)C[N+](C)(C)CCSCC[N+](C)(C)CC(=O)OC2CC(C)CCC2C(C)C)C1. The zero-order valence-corrected chi connectivity index (χ0v) is 27.9. The lowest BCUT2D eigenvalue weighted by Crippen LogP contribution is -2.48. The first kappa shape index (κ1) is 34.4. The van der Waals surface area contributed by atoms with Gasteiger partial charge in [-0.1, -0.05) is 54.4 Å². The maximum atomic E-state index is 12.9. The summed E-state index contributed by atoms with van der Waals surface area (Å²) in [6, 6.07) is 0. The molecule has 0 radical (unpaired) electrons. The molecule has 0 amide bonds. The number of thioether (sulfide) groups is 1. The van der Waals surface area contributed by atoms with Crippen molar-refractivity contribution in [1.29, 1.82) is 0 Å². The lowest BCUT2D eigenvalue weighted by molar-refractivity contribution is -0.881. The standard InChI is InChI=1S/C32H62N2O4S/c1-23(2)27-13-11-25(5)19-29(27)37-31(35)21-33(7,8)15-17-39-18-16-34(9,10)22-32(36)38-30-20-26(6)12-14-28(30)24(3)4/h23-30H,11-22H2,1-10H3/q+2. The van der Waals surface area contributed by atoms with Crippen LogP contribution in [0.25, 0.3) is 0 Å². The number of hydrogen-bond acceptors (Lipinski definition) is 5. The summed E-state index contributed by atoms with van der Waals surface area (Å²) in [6.07, 6.45) is 6.94. The van der Waals surface area contributed by atoms with Crippen molar-refractivity contribution in [3.63, 3.8) is 0 Å². The molecule has 7 heteroatoms. The van der Waals surface area contributed by atoms with Gasteiger partial charge in [0.05, 0.1) is 41.3 Å². The molecule has 0 aliphatic heterocycles. The number of esters is 2. The van der Waals surface area contributed by atoms with Crippen molar-refractivity contribution in [2.24, 2.45) is 35.5 Å². The molecule has 2 saturated carbocycles. The van der Waals surface area contributed by atoms with E-state index in [9.17, 15) is 9.59 Å². The summed E-state index contributed by atoms with van der Waals surface area (Å²) in [7, 11) is 8.49. The summed E-state index contributed by atoms with van der Waals surface area (Å²) in [5.41, 5.74) is 0. The van der Waals surface area contributed by atoms with Gasteiger partial charge in [0.1, 0.15) is 12.2 Å². The van der Waals surface area contributed by atoms with E-state index in [-0.39, 0.29) is 24.1 Å². The highest BCUT2D eigenvalue weighted by Crippen LogP contribution is 2.36. The van der Waals surface area contributed by atoms with Crippen molar-refractivity contribution in [3.05, 3.63) is 0 Å². The zero-order chi connectivity index (χ0) is 29.4. The van der Waals surface area contributed by atoms with Crippen molar-refractivity contribution < 1.29 is 28.0 Å². The molecule has 6 nitrogen and oxygen atoms in total. The van der Waals surface area contributed by atoms with Crippen LogP contribution in [0, 0.1) is 35.5 Å². The van der Waals surface area contributed by atoms with Gasteiger partial charge in [-0.05, 0) is 61.2 Å². The van der Waals surface area contributed by atoms with Gasteiger partial charge in [0.15, 0.2) is 13.1 Å². The van der Waals surface area contributed by atoms with Gasteiger partial charge in [0.2, 0.25) is 0 Å². The second-order valence-electron chi connectivity index (χ2n) is 15.0. The van der Waals surface area contributed by atoms with Crippen LogP contribution >= 0.6 is 11.8 Å². The van der Waals surface area contributed by atoms with E-state index in [0.29, 0.717) is 57.6 Å². The van der Waals surface area contributed by atoms with Crippen LogP contribution in [-0.4, -0.2) is 99.0 Å². The summed E-state index contributed by atoms with van der Waals surface area (Å²) in [5, 5.41) is 0. The summed E-state index contributed by atoms with van der Waals surface area (Å²) in [5.74, 6) is 5.18. The second-order valence-corrected chi connectivity index (χ2v) is 16.2. The smallest absolute Gasteiger partial charge is 0.362 e. The maximum Gasteiger partial charge on any atom is 0.362 e. The number of carbonyl (C=O) groups is 2. The number of ether oxygens (including phenoxy) is 2. The first-order chi connectivity index (χ1) is 18.1. The van der Waals surface area contributed by atoms with Crippen molar-refractivity contribution in [3.8, 4) is 0 Å². The van der Waals surface area contributed by atoms with Gasteiger partial charge in [-0.15, -0.1) is 0 Å². The molecule has 0 N–H and O–H groups in total. The number of quaternary nitrogens is 2. The highest BCUT2D eigenvalue weighted by molar-refractivity contribution is 7.99. The Morgan fingerprint density at radius 3 is 1.38 bits per heavy atom. The Hall–Kier alpha value is -0.790. The quantitative estimate of drug-likeness (QED) is 0.148. The first-order valence-electron chi connectivity index (χ1n) is 15.7. The fraction of sp³-hybridized carbons (Fsp3) is 0.938. The van der Waals surface area contributed by atoms with Gasteiger partial charge in [0, 0.05) is 11.5 Å². The van der Waals surface area contributed by atoms with Crippen LogP contribution in [0.3, 0.4) is 0 Å². The molecule has 39 heavy (non-hydrogen) atoms. The van der Waals surface area contributed by atoms with Gasteiger partial charge in [0.25, 0.3) is 0 Å². The van der Waals surface area contributed by atoms with Gasteiger partial charge < -0.3 is 18.4 Å². The molecule has 2 rings (SSSR count). The molecule has 0 bridgehead atoms. The number of likely N-dealkylation sites (N-methyl/N-ethyl adjacent to an activating group) is 2. The Kier molecular flexibility index (Phi) is 13.6. The van der Waals surface area contributed by atoms with E-state index < -0.39 is 0 Å². The Morgan fingerprint density at radius 2 is 1.05 bits per heavy atom. The van der Waals surface area contributed by atoms with Crippen LogP contribution in [0.15, 0.2) is 0 Å². The second kappa shape index (κ2) is 15.4. The zero-order valence-electron chi connectivity index (χ0n) is 27.0. The predicted octanol–water partition coefficient (Wildman–Crippen LogP) is 5.88. The van der Waals surface area contributed by atoms with Crippen molar-refractivity contribution in [2.45, 2.75) is 92.3 Å². The number of nitrogens with zero attached hydrogens (tertiary/aromatic N) is 2. The lowest BCUT2D eigenvalue weighted by Gasteiger charge is -2.37. The maximum absolute atomic E-state index is 12.9. The van der Waals surface area contributed by atoms with Gasteiger partial charge in [-0.3, -0.25) is 0 Å². The number of hydrogen-bond donors (Lipinski definition) is 0. The van der Waals surface area contributed by atoms with E-state index in [1.54, 1.807) is 0 Å². The van der Waals surface area contributed by atoms with Crippen LogP contribution in [0.4, 0.5) is 0 Å². The van der Waals surface area contributed by atoms with Crippen molar-refractivity contribution in [1.82, 2.24) is 0 Å². The third-order valence-corrected chi connectivity index (χ3v) is 10.2. The molecule has 2 fully saturated rings. The van der Waals surface area contributed by atoms with Gasteiger partial charge in [-0.25, -0.2) is 9.59 Å². The van der Waals surface area contributed by atoms with E-state index in [1.165, 1.54) is 12.8 Å². The third kappa shape index (κ3) is 12.3. The number of carbonyl (C=O) groups excluding carboxylic acids is 2. The molecule has 0 aromatic carbocycles. The predicted molar refractivity (Wildman–Crippen MR) is 163 cm³/mol. The molecular weight excluding hydrogens is 508 g/mol. The van der Waals surface area contributed by atoms with Crippen LogP contribution in [0.1, 0.15) is 80.1 Å². The highest BCUT2D eigenvalue weighted by Gasteiger charge is 2.36. The minimum atomic E-state index is -0.0573. The lowest BCUT2D eigenvalue weighted by atomic mass is 9.75.